The smallest absolute Gasteiger partial charge is 0.253 e. The van der Waals surface area contributed by atoms with E-state index in [9.17, 15) is 4.79 Å². The number of benzene rings is 1. The minimum Gasteiger partial charge on any atom is -0.398 e. The van der Waals surface area contributed by atoms with Gasteiger partial charge in [0.2, 0.25) is 0 Å². The zero-order valence-corrected chi connectivity index (χ0v) is 8.57. The van der Waals surface area contributed by atoms with Crippen LogP contribution in [0.1, 0.15) is 23.2 Å². The maximum Gasteiger partial charge on any atom is 0.253 e. The summed E-state index contributed by atoms with van der Waals surface area (Å²) in [5, 5.41) is 11.3. The van der Waals surface area contributed by atoms with Crippen LogP contribution in [0.2, 0.25) is 0 Å². The molecule has 0 saturated heterocycles. The SMILES string of the molecule is Nc1ccccc1C(=O)NCCCCO. The summed E-state index contributed by atoms with van der Waals surface area (Å²) < 4.78 is 0. The van der Waals surface area contributed by atoms with Crippen LogP contribution in [0.5, 0.6) is 0 Å². The van der Waals surface area contributed by atoms with E-state index in [4.69, 9.17) is 10.8 Å². The molecule has 0 saturated carbocycles. The Morgan fingerprint density at radius 3 is 2.73 bits per heavy atom. The number of nitrogens with two attached hydrogens (primary N) is 1. The maximum absolute atomic E-state index is 11.6. The van der Waals surface area contributed by atoms with Gasteiger partial charge in [0.25, 0.3) is 5.91 Å². The van der Waals surface area contributed by atoms with Gasteiger partial charge in [-0.15, -0.1) is 0 Å². The number of hydrogen-bond acceptors (Lipinski definition) is 3. The molecule has 4 nitrogen and oxygen atoms in total. The first-order valence-electron chi connectivity index (χ1n) is 4.99. The van der Waals surface area contributed by atoms with Crippen molar-refractivity contribution >= 4 is 11.6 Å². The van der Waals surface area contributed by atoms with E-state index in [0.29, 0.717) is 24.2 Å². The largest absolute Gasteiger partial charge is 0.398 e. The number of hydrogen-bond donors (Lipinski definition) is 3. The fraction of sp³-hybridized carbons (Fsp3) is 0.364. The zero-order valence-electron chi connectivity index (χ0n) is 8.57. The summed E-state index contributed by atoms with van der Waals surface area (Å²) in [6.07, 6.45) is 1.47. The predicted octanol–water partition coefficient (Wildman–Crippen LogP) is 0.771. The highest BCUT2D eigenvalue weighted by molar-refractivity contribution is 5.98. The van der Waals surface area contributed by atoms with Gasteiger partial charge in [0, 0.05) is 18.8 Å². The summed E-state index contributed by atoms with van der Waals surface area (Å²) in [4.78, 5) is 11.6. The molecule has 0 aliphatic rings. The molecule has 1 aromatic carbocycles. The van der Waals surface area contributed by atoms with Crippen LogP contribution in [-0.4, -0.2) is 24.2 Å². The molecule has 15 heavy (non-hydrogen) atoms. The second-order valence-electron chi connectivity index (χ2n) is 3.27. The Labute approximate surface area is 89.1 Å². The van der Waals surface area contributed by atoms with Crippen LogP contribution >= 0.6 is 0 Å². The van der Waals surface area contributed by atoms with Crippen LogP contribution in [0.3, 0.4) is 0 Å². The number of nitrogens with one attached hydrogen (secondary N) is 1. The Bertz CT molecular complexity index is 326. The lowest BCUT2D eigenvalue weighted by Crippen LogP contribution is -2.25. The van der Waals surface area contributed by atoms with Gasteiger partial charge < -0.3 is 16.2 Å². The van der Waals surface area contributed by atoms with Crippen molar-refractivity contribution in [3.05, 3.63) is 29.8 Å². The van der Waals surface area contributed by atoms with Gasteiger partial charge in [-0.25, -0.2) is 0 Å². The molecule has 0 spiro atoms. The number of carbonyl (C=O) groups excluding carboxylic acids is 1. The Morgan fingerprint density at radius 1 is 1.33 bits per heavy atom. The molecule has 0 fully saturated rings. The third-order valence-corrected chi connectivity index (χ3v) is 2.08. The molecule has 1 amide bonds. The topological polar surface area (TPSA) is 75.4 Å². The van der Waals surface area contributed by atoms with Crippen molar-refractivity contribution in [1.29, 1.82) is 0 Å². The molecule has 0 radical (unpaired) electrons. The number of anilines is 1. The highest BCUT2D eigenvalue weighted by Crippen LogP contribution is 2.09. The fourth-order valence-electron chi connectivity index (χ4n) is 1.24. The lowest BCUT2D eigenvalue weighted by Gasteiger charge is -2.06. The van der Waals surface area contributed by atoms with Gasteiger partial charge in [0.05, 0.1) is 5.56 Å². The number of para-hydroxylation sites is 1. The molecule has 0 aromatic heterocycles. The van der Waals surface area contributed by atoms with E-state index in [1.54, 1.807) is 24.3 Å². The van der Waals surface area contributed by atoms with Gasteiger partial charge in [-0.2, -0.15) is 0 Å². The number of unbranched alkanes of at least 4 members (excludes halogenated alkanes) is 1. The molecule has 0 unspecified atom stereocenters. The van der Waals surface area contributed by atoms with Gasteiger partial charge in [0.1, 0.15) is 0 Å². The molecule has 0 atom stereocenters. The molecule has 0 aliphatic carbocycles. The number of carbonyl (C=O) groups is 1. The maximum atomic E-state index is 11.6. The summed E-state index contributed by atoms with van der Waals surface area (Å²) in [6, 6.07) is 6.95. The summed E-state index contributed by atoms with van der Waals surface area (Å²) in [6.45, 7) is 0.719. The zero-order chi connectivity index (χ0) is 11.1. The van der Waals surface area contributed by atoms with Crippen LogP contribution in [0.15, 0.2) is 24.3 Å². The molecule has 4 N–H and O–H groups in total. The molecule has 4 heteroatoms. The Balaban J connectivity index is 2.44. The van der Waals surface area contributed by atoms with Crippen LogP contribution in [0.4, 0.5) is 5.69 Å². The van der Waals surface area contributed by atoms with E-state index in [2.05, 4.69) is 5.32 Å². The van der Waals surface area contributed by atoms with E-state index in [0.717, 1.165) is 6.42 Å². The van der Waals surface area contributed by atoms with Crippen molar-refractivity contribution < 1.29 is 9.90 Å². The van der Waals surface area contributed by atoms with E-state index in [1.807, 2.05) is 0 Å². The lowest BCUT2D eigenvalue weighted by atomic mass is 10.1. The van der Waals surface area contributed by atoms with Crippen molar-refractivity contribution in [2.75, 3.05) is 18.9 Å². The second-order valence-corrected chi connectivity index (χ2v) is 3.27. The van der Waals surface area contributed by atoms with Gasteiger partial charge in [-0.1, -0.05) is 12.1 Å². The molecule has 1 aromatic rings. The predicted molar refractivity (Wildman–Crippen MR) is 59.5 cm³/mol. The first-order valence-corrected chi connectivity index (χ1v) is 4.99. The standard InChI is InChI=1S/C11H16N2O2/c12-10-6-2-1-5-9(10)11(15)13-7-3-4-8-14/h1-2,5-6,14H,3-4,7-8,12H2,(H,13,15). The average Bonchev–Trinajstić information content (AvgIpc) is 2.25. The third kappa shape index (κ3) is 3.59. The van der Waals surface area contributed by atoms with Crippen LogP contribution in [0, 0.1) is 0 Å². The third-order valence-electron chi connectivity index (χ3n) is 2.08. The number of amides is 1. The van der Waals surface area contributed by atoms with Crippen molar-refractivity contribution in [1.82, 2.24) is 5.32 Å². The van der Waals surface area contributed by atoms with Gasteiger partial charge >= 0.3 is 0 Å². The van der Waals surface area contributed by atoms with E-state index in [-0.39, 0.29) is 12.5 Å². The lowest BCUT2D eigenvalue weighted by molar-refractivity contribution is 0.0953. The summed E-state index contributed by atoms with van der Waals surface area (Å²) in [5.41, 5.74) is 6.64. The quantitative estimate of drug-likeness (QED) is 0.494. The number of aliphatic hydroxyl groups excluding tert-OH is 1. The van der Waals surface area contributed by atoms with Gasteiger partial charge in [0.15, 0.2) is 0 Å². The summed E-state index contributed by atoms with van der Waals surface area (Å²) in [5.74, 6) is -0.161. The fourth-order valence-corrected chi connectivity index (χ4v) is 1.24. The normalized spacial score (nSPS) is 9.93. The van der Waals surface area contributed by atoms with E-state index < -0.39 is 0 Å². The highest BCUT2D eigenvalue weighted by Gasteiger charge is 2.06. The highest BCUT2D eigenvalue weighted by atomic mass is 16.2. The summed E-state index contributed by atoms with van der Waals surface area (Å²) in [7, 11) is 0. The first kappa shape index (κ1) is 11.5. The number of nitrogen functional groups attached to an aromatic ring is 1. The van der Waals surface area contributed by atoms with Crippen molar-refractivity contribution in [3.63, 3.8) is 0 Å². The van der Waals surface area contributed by atoms with Crippen LogP contribution in [0.25, 0.3) is 0 Å². The Hall–Kier alpha value is -1.55. The molecular formula is C11H16N2O2. The molecule has 0 aliphatic heterocycles. The van der Waals surface area contributed by atoms with Gasteiger partial charge in [-0.3, -0.25) is 4.79 Å². The number of aliphatic hydroxyl groups is 1. The van der Waals surface area contributed by atoms with E-state index >= 15 is 0 Å². The monoisotopic (exact) mass is 208 g/mol. The second kappa shape index (κ2) is 6.03. The molecule has 0 bridgehead atoms. The van der Waals surface area contributed by atoms with Crippen LogP contribution in [-0.2, 0) is 0 Å². The Morgan fingerprint density at radius 2 is 2.07 bits per heavy atom. The molecular weight excluding hydrogens is 192 g/mol. The van der Waals surface area contributed by atoms with E-state index in [1.165, 1.54) is 0 Å². The minimum absolute atomic E-state index is 0.156. The average molecular weight is 208 g/mol. The molecule has 1 rings (SSSR count). The first-order chi connectivity index (χ1) is 7.25. The van der Waals surface area contributed by atoms with Gasteiger partial charge in [-0.05, 0) is 25.0 Å². The molecule has 82 valence electrons. The molecule has 0 heterocycles. The van der Waals surface area contributed by atoms with Crippen molar-refractivity contribution in [2.45, 2.75) is 12.8 Å². The van der Waals surface area contributed by atoms with Crippen molar-refractivity contribution in [3.8, 4) is 0 Å². The Kier molecular flexibility index (Phi) is 4.63. The number of rotatable bonds is 5. The summed E-state index contributed by atoms with van der Waals surface area (Å²) >= 11 is 0. The van der Waals surface area contributed by atoms with Crippen LogP contribution < -0.4 is 11.1 Å². The van der Waals surface area contributed by atoms with Crippen molar-refractivity contribution in [2.24, 2.45) is 0 Å². The minimum atomic E-state index is -0.161.